The van der Waals surface area contributed by atoms with Gasteiger partial charge in [-0.3, -0.25) is 19.9 Å². The van der Waals surface area contributed by atoms with Gasteiger partial charge in [-0.15, -0.1) is 0 Å². The largest absolute Gasteiger partial charge is 0.493 e. The molecule has 3 aromatic rings. The second-order valence-corrected chi connectivity index (χ2v) is 9.62. The predicted molar refractivity (Wildman–Crippen MR) is 140 cm³/mol. The maximum absolute atomic E-state index is 11.8. The van der Waals surface area contributed by atoms with Gasteiger partial charge in [-0.1, -0.05) is 39.0 Å². The summed E-state index contributed by atoms with van der Waals surface area (Å²) in [5, 5.41) is 11.2. The molecular formula is C25H26BrN3O7. The van der Waals surface area contributed by atoms with Crippen LogP contribution in [-0.4, -0.2) is 35.2 Å². The summed E-state index contributed by atoms with van der Waals surface area (Å²) in [6, 6.07) is 11.3. The number of methoxy groups -OCH3 is 1. The first-order chi connectivity index (χ1) is 17.0. The Labute approximate surface area is 215 Å². The van der Waals surface area contributed by atoms with Crippen LogP contribution in [0.1, 0.15) is 37.6 Å². The van der Waals surface area contributed by atoms with Gasteiger partial charge in [0.2, 0.25) is 0 Å². The molecular weight excluding hydrogens is 534 g/mol. The molecule has 0 saturated carbocycles. The highest BCUT2D eigenvalue weighted by molar-refractivity contribution is 9.10. The lowest BCUT2D eigenvalue weighted by molar-refractivity contribution is -0.386. The van der Waals surface area contributed by atoms with Gasteiger partial charge in [0.05, 0.1) is 16.5 Å². The maximum atomic E-state index is 11.8. The van der Waals surface area contributed by atoms with Gasteiger partial charge in [0, 0.05) is 0 Å². The van der Waals surface area contributed by atoms with E-state index in [1.165, 1.54) is 24.8 Å². The Morgan fingerprint density at radius 2 is 1.69 bits per heavy atom. The molecule has 0 spiro atoms. The topological polar surface area (TPSA) is 137 Å². The van der Waals surface area contributed by atoms with Gasteiger partial charge >= 0.3 is 16.9 Å². The normalized spacial score (nSPS) is 11.5. The van der Waals surface area contributed by atoms with Crippen LogP contribution in [0.2, 0.25) is 0 Å². The second kappa shape index (κ2) is 11.3. The summed E-state index contributed by atoms with van der Waals surface area (Å²) in [7, 11) is 1.48. The van der Waals surface area contributed by atoms with Crippen molar-refractivity contribution in [2.45, 2.75) is 26.2 Å². The van der Waals surface area contributed by atoms with E-state index in [-0.39, 0.29) is 17.7 Å². The fourth-order valence-electron chi connectivity index (χ4n) is 3.31. The van der Waals surface area contributed by atoms with E-state index >= 15 is 0 Å². The zero-order chi connectivity index (χ0) is 26.5. The molecule has 0 unspecified atom stereocenters. The number of H-pyrrole nitrogens is 2. The molecule has 3 rings (SSSR count). The van der Waals surface area contributed by atoms with E-state index in [0.29, 0.717) is 28.1 Å². The summed E-state index contributed by atoms with van der Waals surface area (Å²) in [5.41, 5.74) is -1.05. The third-order valence-electron chi connectivity index (χ3n) is 5.14. The Balaban J connectivity index is 1.70. The molecule has 0 aliphatic heterocycles. The second-order valence-electron chi connectivity index (χ2n) is 8.77. The van der Waals surface area contributed by atoms with E-state index in [2.05, 4.69) is 41.7 Å². The van der Waals surface area contributed by atoms with Crippen molar-refractivity contribution in [1.82, 2.24) is 9.97 Å². The van der Waals surface area contributed by atoms with Crippen LogP contribution < -0.4 is 25.5 Å². The number of aromatic amines is 2. The van der Waals surface area contributed by atoms with Gasteiger partial charge in [-0.05, 0) is 62.8 Å². The standard InChI is InChI=1S/C25H26BrN3O7/c1-25(2,3)16-6-8-17(9-7-16)35-11-12-36-22-18(26)13-15(14-20(22)34-4)5-10-19-21(29(32)33)23(30)28-24(31)27-19/h5-10,13-14H,11-12H2,1-4H3,(H2,27,28,30,31)/b10-5+. The van der Waals surface area contributed by atoms with Crippen LogP contribution >= 0.6 is 15.9 Å². The van der Waals surface area contributed by atoms with Crippen LogP contribution in [-0.2, 0) is 5.41 Å². The number of ether oxygens (including phenoxy) is 3. The molecule has 11 heteroatoms. The number of nitro groups is 1. The molecule has 0 saturated heterocycles. The van der Waals surface area contributed by atoms with Gasteiger partial charge in [0.25, 0.3) is 0 Å². The van der Waals surface area contributed by atoms with Crippen molar-refractivity contribution >= 4 is 33.8 Å². The van der Waals surface area contributed by atoms with E-state index in [9.17, 15) is 19.7 Å². The van der Waals surface area contributed by atoms with E-state index in [1.807, 2.05) is 29.2 Å². The Hall–Kier alpha value is -3.86. The highest BCUT2D eigenvalue weighted by Gasteiger charge is 2.19. The average Bonchev–Trinajstić information content (AvgIpc) is 2.80. The Morgan fingerprint density at radius 1 is 1.03 bits per heavy atom. The van der Waals surface area contributed by atoms with Crippen molar-refractivity contribution in [1.29, 1.82) is 0 Å². The summed E-state index contributed by atoms with van der Waals surface area (Å²) < 4.78 is 17.6. The number of nitrogens with zero attached hydrogens (tertiary/aromatic N) is 1. The monoisotopic (exact) mass is 559 g/mol. The quantitative estimate of drug-likeness (QED) is 0.221. The van der Waals surface area contributed by atoms with E-state index in [4.69, 9.17) is 14.2 Å². The van der Waals surface area contributed by atoms with Crippen molar-refractivity contribution in [3.63, 3.8) is 0 Å². The van der Waals surface area contributed by atoms with Crippen LogP contribution in [0.25, 0.3) is 12.2 Å². The van der Waals surface area contributed by atoms with Crippen LogP contribution in [0.3, 0.4) is 0 Å². The summed E-state index contributed by atoms with van der Waals surface area (Å²) in [6.45, 7) is 7.01. The molecule has 36 heavy (non-hydrogen) atoms. The van der Waals surface area contributed by atoms with E-state index < -0.39 is 21.9 Å². The zero-order valence-corrected chi connectivity index (χ0v) is 21.8. The first kappa shape index (κ1) is 26.7. The molecule has 0 radical (unpaired) electrons. The molecule has 190 valence electrons. The lowest BCUT2D eigenvalue weighted by Gasteiger charge is -2.19. The zero-order valence-electron chi connectivity index (χ0n) is 20.2. The van der Waals surface area contributed by atoms with Crippen LogP contribution in [0.15, 0.2) is 50.5 Å². The molecule has 2 N–H and O–H groups in total. The van der Waals surface area contributed by atoms with Gasteiger partial charge in [0.15, 0.2) is 11.5 Å². The molecule has 0 aliphatic carbocycles. The van der Waals surface area contributed by atoms with Crippen LogP contribution in [0.4, 0.5) is 5.69 Å². The third-order valence-corrected chi connectivity index (χ3v) is 5.73. The fraction of sp³-hybridized carbons (Fsp3) is 0.280. The number of nitrogens with one attached hydrogen (secondary N) is 2. The van der Waals surface area contributed by atoms with Gasteiger partial charge in [0.1, 0.15) is 24.7 Å². The van der Waals surface area contributed by atoms with Crippen molar-refractivity contribution < 1.29 is 19.1 Å². The number of halogens is 1. The molecule has 10 nitrogen and oxygen atoms in total. The highest BCUT2D eigenvalue weighted by atomic mass is 79.9. The molecule has 0 atom stereocenters. The SMILES string of the molecule is COc1cc(/C=C/c2[nH]c(=O)[nH]c(=O)c2[N+](=O)[O-])cc(Br)c1OCCOc1ccc(C(C)(C)C)cc1. The van der Waals surface area contributed by atoms with Crippen LogP contribution in [0.5, 0.6) is 17.2 Å². The summed E-state index contributed by atoms with van der Waals surface area (Å²) in [4.78, 5) is 37.8. The van der Waals surface area contributed by atoms with Crippen molar-refractivity contribution in [3.8, 4) is 17.2 Å². The van der Waals surface area contributed by atoms with Crippen LogP contribution in [0, 0.1) is 10.1 Å². The minimum Gasteiger partial charge on any atom is -0.493 e. The molecule has 0 fully saturated rings. The molecule has 2 aromatic carbocycles. The number of hydrogen-bond donors (Lipinski definition) is 2. The molecule has 0 amide bonds. The van der Waals surface area contributed by atoms with Gasteiger partial charge in [-0.2, -0.15) is 0 Å². The minimum atomic E-state index is -1.08. The Bertz CT molecular complexity index is 1390. The molecule has 0 aliphatic rings. The highest BCUT2D eigenvalue weighted by Crippen LogP contribution is 2.37. The number of benzene rings is 2. The molecule has 1 aromatic heterocycles. The van der Waals surface area contributed by atoms with Gasteiger partial charge in [-0.25, -0.2) is 4.79 Å². The summed E-state index contributed by atoms with van der Waals surface area (Å²) >= 11 is 3.45. The third kappa shape index (κ3) is 6.63. The fourth-order valence-corrected chi connectivity index (χ4v) is 3.88. The predicted octanol–water partition coefficient (Wildman–Crippen LogP) is 4.67. The first-order valence-corrected chi connectivity index (χ1v) is 11.7. The summed E-state index contributed by atoms with van der Waals surface area (Å²) in [6.07, 6.45) is 2.77. The van der Waals surface area contributed by atoms with Crippen molar-refractivity contribution in [2.75, 3.05) is 20.3 Å². The number of rotatable bonds is 9. The van der Waals surface area contributed by atoms with E-state index in [1.54, 1.807) is 12.1 Å². The minimum absolute atomic E-state index is 0.0659. The number of aromatic nitrogens is 2. The van der Waals surface area contributed by atoms with Crippen molar-refractivity contribution in [3.05, 3.63) is 88.6 Å². The Kier molecular flexibility index (Phi) is 8.36. The maximum Gasteiger partial charge on any atom is 0.357 e. The number of hydrogen-bond acceptors (Lipinski definition) is 7. The average molecular weight is 560 g/mol. The van der Waals surface area contributed by atoms with Crippen molar-refractivity contribution in [2.24, 2.45) is 0 Å². The lowest BCUT2D eigenvalue weighted by Crippen LogP contribution is -2.25. The van der Waals surface area contributed by atoms with Gasteiger partial charge < -0.3 is 19.2 Å². The molecule has 0 bridgehead atoms. The smallest absolute Gasteiger partial charge is 0.357 e. The molecule has 1 heterocycles. The Morgan fingerprint density at radius 3 is 2.31 bits per heavy atom. The van der Waals surface area contributed by atoms with E-state index in [0.717, 1.165) is 5.75 Å². The first-order valence-electron chi connectivity index (χ1n) is 10.9. The summed E-state index contributed by atoms with van der Waals surface area (Å²) in [5.74, 6) is 1.61. The lowest BCUT2D eigenvalue weighted by atomic mass is 9.87.